The molecule has 0 saturated carbocycles. The second kappa shape index (κ2) is 12.0. The molecule has 0 aliphatic heterocycles. The lowest BCUT2D eigenvalue weighted by Crippen LogP contribution is -2.31. The van der Waals surface area contributed by atoms with Crippen molar-refractivity contribution in [1.82, 2.24) is 5.32 Å². The Labute approximate surface area is 215 Å². The van der Waals surface area contributed by atoms with E-state index >= 15 is 0 Å². The molecular weight excluding hydrogens is 474 g/mol. The van der Waals surface area contributed by atoms with Crippen molar-refractivity contribution >= 4 is 28.9 Å². The van der Waals surface area contributed by atoms with Gasteiger partial charge in [-0.1, -0.05) is 72.4 Å². The maximum absolute atomic E-state index is 13.6. The summed E-state index contributed by atoms with van der Waals surface area (Å²) in [5.74, 6) is -0.266. The van der Waals surface area contributed by atoms with E-state index in [1.165, 1.54) is 0 Å². The quantitative estimate of drug-likeness (QED) is 0.331. The van der Waals surface area contributed by atoms with E-state index in [9.17, 15) is 14.9 Å². The molecule has 7 nitrogen and oxygen atoms in total. The summed E-state index contributed by atoms with van der Waals surface area (Å²) in [4.78, 5) is 29.7. The topological polar surface area (TPSA) is 101 Å². The Morgan fingerprint density at radius 2 is 1.64 bits per heavy atom. The molecule has 8 heteroatoms. The van der Waals surface area contributed by atoms with Crippen LogP contribution < -0.4 is 10.1 Å². The van der Waals surface area contributed by atoms with Gasteiger partial charge in [-0.3, -0.25) is 4.79 Å². The average molecular weight is 502 g/mol. The van der Waals surface area contributed by atoms with Crippen molar-refractivity contribution in [3.63, 3.8) is 0 Å². The summed E-state index contributed by atoms with van der Waals surface area (Å²) < 4.78 is 11.3. The zero-order valence-electron chi connectivity index (χ0n) is 20.6. The predicted molar refractivity (Wildman–Crippen MR) is 142 cm³/mol. The van der Waals surface area contributed by atoms with Crippen molar-refractivity contribution in [2.24, 2.45) is 4.99 Å². The minimum atomic E-state index is -0.818. The van der Waals surface area contributed by atoms with Gasteiger partial charge in [-0.2, -0.15) is 10.3 Å². The molecule has 0 aliphatic carbocycles. The molecule has 0 atom stereocenters. The molecule has 0 bridgehead atoms. The highest BCUT2D eigenvalue weighted by molar-refractivity contribution is 8.13. The Morgan fingerprint density at radius 3 is 2.22 bits per heavy atom. The van der Waals surface area contributed by atoms with Gasteiger partial charge in [-0.05, 0) is 50.3 Å². The molecule has 0 aliphatic rings. The van der Waals surface area contributed by atoms with Crippen molar-refractivity contribution in [3.8, 4) is 22.9 Å². The summed E-state index contributed by atoms with van der Waals surface area (Å²) >= 11 is 1.09. The first-order chi connectivity index (χ1) is 17.2. The van der Waals surface area contributed by atoms with E-state index in [-0.39, 0.29) is 17.3 Å². The first-order valence-electron chi connectivity index (χ1n) is 11.2. The summed E-state index contributed by atoms with van der Waals surface area (Å²) in [6, 6.07) is 24.1. The number of ether oxygens (including phenoxy) is 2. The van der Waals surface area contributed by atoms with E-state index in [0.29, 0.717) is 22.4 Å². The third-order valence-electron chi connectivity index (χ3n) is 4.81. The standard InChI is InChI=1S/C28H27N3O4S/c1-28(2,3)35-27(33)31-26(36-4)30-25(32)24-22(34-18-19-11-7-5-8-12-19)16-15-21(17-29)23(24)20-13-9-6-10-14-20/h5-16H,18H2,1-4H3,(H,30,31,32,33). The van der Waals surface area contributed by atoms with E-state index in [4.69, 9.17) is 9.47 Å². The van der Waals surface area contributed by atoms with Gasteiger partial charge in [-0.25, -0.2) is 4.79 Å². The number of aliphatic imine (C=N–C) groups is 1. The van der Waals surface area contributed by atoms with Gasteiger partial charge < -0.3 is 14.8 Å². The van der Waals surface area contributed by atoms with Crippen LogP contribution in [-0.2, 0) is 11.3 Å². The van der Waals surface area contributed by atoms with Crippen molar-refractivity contribution in [3.05, 3.63) is 89.5 Å². The van der Waals surface area contributed by atoms with Crippen molar-refractivity contribution in [2.75, 3.05) is 6.26 Å². The number of benzene rings is 3. The van der Waals surface area contributed by atoms with Crippen LogP contribution in [0.4, 0.5) is 4.79 Å². The normalized spacial score (nSPS) is 11.4. The summed E-state index contributed by atoms with van der Waals surface area (Å²) in [6.07, 6.45) is 0.863. The minimum absolute atomic E-state index is 0.0598. The Kier molecular flexibility index (Phi) is 8.87. The minimum Gasteiger partial charge on any atom is -0.488 e. The lowest BCUT2D eigenvalue weighted by molar-refractivity contribution is 0.0604. The number of nitriles is 1. The lowest BCUT2D eigenvalue weighted by Gasteiger charge is -2.19. The molecule has 3 rings (SSSR count). The molecule has 2 amide bonds. The molecule has 0 radical (unpaired) electrons. The Hall–Kier alpha value is -4.09. The van der Waals surface area contributed by atoms with Crippen molar-refractivity contribution in [1.29, 1.82) is 5.26 Å². The molecule has 36 heavy (non-hydrogen) atoms. The number of carbonyl (C=O) groups excluding carboxylic acids is 2. The van der Waals surface area contributed by atoms with Crippen molar-refractivity contribution < 1.29 is 19.1 Å². The van der Waals surface area contributed by atoms with Gasteiger partial charge in [0.15, 0.2) is 5.17 Å². The van der Waals surface area contributed by atoms with Gasteiger partial charge in [-0.15, -0.1) is 0 Å². The van der Waals surface area contributed by atoms with Crippen LogP contribution in [0, 0.1) is 11.3 Å². The van der Waals surface area contributed by atoms with Crippen LogP contribution in [-0.4, -0.2) is 29.0 Å². The van der Waals surface area contributed by atoms with Gasteiger partial charge in [0.25, 0.3) is 5.91 Å². The molecule has 1 N–H and O–H groups in total. The average Bonchev–Trinajstić information content (AvgIpc) is 2.86. The lowest BCUT2D eigenvalue weighted by atomic mass is 9.93. The maximum Gasteiger partial charge on any atom is 0.436 e. The van der Waals surface area contributed by atoms with Gasteiger partial charge in [0.1, 0.15) is 18.0 Å². The summed E-state index contributed by atoms with van der Waals surface area (Å²) in [7, 11) is 0. The number of amidine groups is 1. The molecule has 3 aromatic carbocycles. The van der Waals surface area contributed by atoms with Crippen LogP contribution in [0.2, 0.25) is 0 Å². The Morgan fingerprint density at radius 1 is 1.00 bits per heavy atom. The molecule has 0 saturated heterocycles. The fourth-order valence-corrected chi connectivity index (χ4v) is 3.67. The summed E-state index contributed by atoms with van der Waals surface area (Å²) in [5.41, 5.74) is 1.79. The number of hydrogen-bond acceptors (Lipinski definition) is 6. The number of thioether (sulfide) groups is 1. The number of rotatable bonds is 5. The van der Waals surface area contributed by atoms with Crippen LogP contribution in [0.1, 0.15) is 42.3 Å². The monoisotopic (exact) mass is 501 g/mol. The maximum atomic E-state index is 13.6. The Bertz CT molecular complexity index is 1290. The molecule has 0 heterocycles. The van der Waals surface area contributed by atoms with Crippen LogP contribution in [0.3, 0.4) is 0 Å². The second-order valence-electron chi connectivity index (χ2n) is 8.67. The second-order valence-corrected chi connectivity index (χ2v) is 9.46. The van der Waals surface area contributed by atoms with Gasteiger partial charge in [0.05, 0.1) is 17.2 Å². The van der Waals surface area contributed by atoms with E-state index in [1.807, 2.05) is 60.7 Å². The van der Waals surface area contributed by atoms with Crippen molar-refractivity contribution in [2.45, 2.75) is 33.0 Å². The molecule has 0 aromatic heterocycles. The predicted octanol–water partition coefficient (Wildman–Crippen LogP) is 6.19. The highest BCUT2D eigenvalue weighted by Gasteiger charge is 2.24. The van der Waals surface area contributed by atoms with E-state index in [1.54, 1.807) is 39.2 Å². The first kappa shape index (κ1) is 26.5. The third kappa shape index (κ3) is 7.20. The number of nitrogens with zero attached hydrogens (tertiary/aromatic N) is 2. The third-order valence-corrected chi connectivity index (χ3v) is 5.39. The smallest absolute Gasteiger partial charge is 0.436 e. The Balaban J connectivity index is 2.05. The number of nitrogens with one attached hydrogen (secondary N) is 1. The SMILES string of the molecule is CSC(=NC(=O)OC(C)(C)C)NC(=O)c1c(OCc2ccccc2)ccc(C#N)c1-c1ccccc1. The highest BCUT2D eigenvalue weighted by atomic mass is 32.2. The van der Waals surface area contributed by atoms with Gasteiger partial charge >= 0.3 is 6.09 Å². The van der Waals surface area contributed by atoms with Gasteiger partial charge in [0, 0.05) is 5.56 Å². The van der Waals surface area contributed by atoms with E-state index in [2.05, 4.69) is 16.4 Å². The number of carbonyl (C=O) groups is 2. The highest BCUT2D eigenvalue weighted by Crippen LogP contribution is 2.34. The van der Waals surface area contributed by atoms with E-state index in [0.717, 1.165) is 17.3 Å². The fraction of sp³-hybridized carbons (Fsp3) is 0.214. The van der Waals surface area contributed by atoms with Crippen LogP contribution in [0.25, 0.3) is 11.1 Å². The number of hydrogen-bond donors (Lipinski definition) is 1. The number of amides is 2. The fourth-order valence-electron chi connectivity index (χ4n) is 3.31. The molecule has 184 valence electrons. The van der Waals surface area contributed by atoms with Crippen LogP contribution >= 0.6 is 11.8 Å². The van der Waals surface area contributed by atoms with Gasteiger partial charge in [0.2, 0.25) is 0 Å². The summed E-state index contributed by atoms with van der Waals surface area (Å²) in [5, 5.41) is 12.6. The largest absolute Gasteiger partial charge is 0.488 e. The first-order valence-corrected chi connectivity index (χ1v) is 12.4. The molecule has 0 spiro atoms. The molecule has 0 unspecified atom stereocenters. The van der Waals surface area contributed by atoms with E-state index < -0.39 is 17.6 Å². The zero-order valence-corrected chi connectivity index (χ0v) is 21.4. The van der Waals surface area contributed by atoms with Crippen LogP contribution in [0.5, 0.6) is 5.75 Å². The zero-order chi connectivity index (χ0) is 26.1. The van der Waals surface area contributed by atoms with Crippen LogP contribution in [0.15, 0.2) is 77.8 Å². The molecule has 3 aromatic rings. The molecule has 0 fully saturated rings. The summed E-state index contributed by atoms with van der Waals surface area (Å²) in [6.45, 7) is 5.41. The molecular formula is C28H27N3O4S.